The van der Waals surface area contributed by atoms with Crippen LogP contribution in [0.3, 0.4) is 0 Å². The molecule has 0 spiro atoms. The summed E-state index contributed by atoms with van der Waals surface area (Å²) in [6, 6.07) is 11.1. The molecule has 1 aliphatic heterocycles. The van der Waals surface area contributed by atoms with E-state index in [0.29, 0.717) is 6.04 Å². The molecule has 0 bridgehead atoms. The van der Waals surface area contributed by atoms with Gasteiger partial charge in [-0.15, -0.1) is 24.0 Å². The highest BCUT2D eigenvalue weighted by Gasteiger charge is 2.23. The summed E-state index contributed by atoms with van der Waals surface area (Å²) in [6.45, 7) is 6.91. The number of likely N-dealkylation sites (tertiary alicyclic amines) is 1. The van der Waals surface area contributed by atoms with Crippen molar-refractivity contribution in [1.82, 2.24) is 25.3 Å². The molecule has 6 nitrogen and oxygen atoms in total. The number of hydrogen-bond acceptors (Lipinski definition) is 3. The average molecular weight is 496 g/mol. The van der Waals surface area contributed by atoms with Crippen molar-refractivity contribution in [3.63, 3.8) is 0 Å². The van der Waals surface area contributed by atoms with E-state index >= 15 is 0 Å². The van der Waals surface area contributed by atoms with Crippen LogP contribution in [0.1, 0.15) is 36.9 Å². The van der Waals surface area contributed by atoms with Gasteiger partial charge in [0, 0.05) is 26.3 Å². The lowest BCUT2D eigenvalue weighted by atomic mass is 10.1. The monoisotopic (exact) mass is 496 g/mol. The number of rotatable bonds is 8. The summed E-state index contributed by atoms with van der Waals surface area (Å²) in [6.07, 6.45) is 7.49. The van der Waals surface area contributed by atoms with Gasteiger partial charge in [-0.2, -0.15) is 5.10 Å². The van der Waals surface area contributed by atoms with E-state index in [1.54, 1.807) is 0 Å². The van der Waals surface area contributed by atoms with Gasteiger partial charge in [-0.1, -0.05) is 30.3 Å². The topological polar surface area (TPSA) is 57.5 Å². The second kappa shape index (κ2) is 12.1. The van der Waals surface area contributed by atoms with E-state index in [9.17, 15) is 0 Å². The summed E-state index contributed by atoms with van der Waals surface area (Å²) in [5.74, 6) is 0.890. The minimum Gasteiger partial charge on any atom is -0.357 e. The third kappa shape index (κ3) is 6.77. The van der Waals surface area contributed by atoms with Crippen LogP contribution >= 0.6 is 24.0 Å². The Bertz CT molecular complexity index is 709. The van der Waals surface area contributed by atoms with Crippen LogP contribution in [0.15, 0.2) is 47.7 Å². The normalized spacial score (nSPS) is 15.9. The number of nitrogens with one attached hydrogen (secondary N) is 2. The van der Waals surface area contributed by atoms with Gasteiger partial charge in [-0.3, -0.25) is 14.6 Å². The molecular weight excluding hydrogens is 463 g/mol. The zero-order chi connectivity index (χ0) is 18.9. The number of halogens is 1. The summed E-state index contributed by atoms with van der Waals surface area (Å²) in [5, 5.41) is 11.1. The maximum atomic E-state index is 4.90. The van der Waals surface area contributed by atoms with Crippen molar-refractivity contribution in [1.29, 1.82) is 0 Å². The van der Waals surface area contributed by atoms with E-state index in [1.165, 1.54) is 37.1 Å². The summed E-state index contributed by atoms with van der Waals surface area (Å²) in [4.78, 5) is 7.47. The van der Waals surface area contributed by atoms with Crippen molar-refractivity contribution in [3.8, 4) is 0 Å². The molecule has 0 aliphatic carbocycles. The van der Waals surface area contributed by atoms with E-state index in [-0.39, 0.29) is 24.0 Å². The van der Waals surface area contributed by atoms with Gasteiger partial charge >= 0.3 is 0 Å². The molecule has 1 saturated heterocycles. The fourth-order valence-electron chi connectivity index (χ4n) is 3.61. The zero-order valence-corrected chi connectivity index (χ0v) is 19.3. The molecule has 154 valence electrons. The van der Waals surface area contributed by atoms with Crippen molar-refractivity contribution in [2.24, 2.45) is 12.0 Å². The highest BCUT2D eigenvalue weighted by atomic mass is 127. The number of hydrogen-bond donors (Lipinski definition) is 2. The first kappa shape index (κ1) is 22.7. The molecule has 1 atom stereocenters. The number of aliphatic imine (C=N–C) groups is 1. The highest BCUT2D eigenvalue weighted by Crippen LogP contribution is 2.25. The minimum atomic E-state index is 0. The van der Waals surface area contributed by atoms with Gasteiger partial charge in [-0.25, -0.2) is 0 Å². The number of aryl methyl sites for hydroxylation is 1. The van der Waals surface area contributed by atoms with Crippen LogP contribution in [0.25, 0.3) is 0 Å². The Balaban J connectivity index is 0.00000280. The average Bonchev–Trinajstić information content (AvgIpc) is 3.35. The Kier molecular flexibility index (Phi) is 9.77. The van der Waals surface area contributed by atoms with Gasteiger partial charge in [0.15, 0.2) is 5.96 Å². The van der Waals surface area contributed by atoms with E-state index < -0.39 is 0 Å². The number of aromatic nitrogens is 2. The number of nitrogens with zero attached hydrogens (tertiary/aromatic N) is 4. The molecule has 2 N–H and O–H groups in total. The first-order valence-corrected chi connectivity index (χ1v) is 10.0. The molecule has 1 aromatic carbocycles. The molecule has 7 heteroatoms. The van der Waals surface area contributed by atoms with Crippen LogP contribution in [0, 0.1) is 0 Å². The molecule has 0 radical (unpaired) electrons. The third-order valence-electron chi connectivity index (χ3n) is 5.00. The number of benzene rings is 1. The molecule has 0 saturated carbocycles. The molecule has 28 heavy (non-hydrogen) atoms. The van der Waals surface area contributed by atoms with Crippen LogP contribution in [-0.2, 0) is 13.5 Å². The Labute approximate surface area is 185 Å². The summed E-state index contributed by atoms with van der Waals surface area (Å²) < 4.78 is 1.84. The molecule has 0 amide bonds. The maximum Gasteiger partial charge on any atom is 0.191 e. The summed E-state index contributed by atoms with van der Waals surface area (Å²) in [7, 11) is 1.95. The maximum absolute atomic E-state index is 4.90. The van der Waals surface area contributed by atoms with E-state index in [4.69, 9.17) is 4.99 Å². The summed E-state index contributed by atoms with van der Waals surface area (Å²) in [5.41, 5.74) is 2.59. The third-order valence-corrected chi connectivity index (χ3v) is 5.00. The van der Waals surface area contributed by atoms with Crippen LogP contribution in [-0.4, -0.2) is 53.4 Å². The predicted molar refractivity (Wildman–Crippen MR) is 126 cm³/mol. The van der Waals surface area contributed by atoms with Crippen LogP contribution in [0.2, 0.25) is 0 Å². The fourth-order valence-corrected chi connectivity index (χ4v) is 3.61. The smallest absolute Gasteiger partial charge is 0.191 e. The fraction of sp³-hybridized carbons (Fsp3) is 0.524. The Hall–Kier alpha value is -1.61. The van der Waals surface area contributed by atoms with Crippen molar-refractivity contribution < 1.29 is 0 Å². The first-order chi connectivity index (χ1) is 13.3. The first-order valence-electron chi connectivity index (χ1n) is 10.0. The Morgan fingerprint density at radius 1 is 1.18 bits per heavy atom. The van der Waals surface area contributed by atoms with Gasteiger partial charge in [0.25, 0.3) is 0 Å². The molecule has 1 fully saturated rings. The minimum absolute atomic E-state index is 0. The van der Waals surface area contributed by atoms with Crippen molar-refractivity contribution in [2.75, 3.05) is 32.7 Å². The van der Waals surface area contributed by atoms with Crippen molar-refractivity contribution in [2.45, 2.75) is 32.2 Å². The van der Waals surface area contributed by atoms with Gasteiger partial charge in [0.2, 0.25) is 0 Å². The summed E-state index contributed by atoms with van der Waals surface area (Å²) >= 11 is 0. The van der Waals surface area contributed by atoms with E-state index in [0.717, 1.165) is 32.0 Å². The largest absolute Gasteiger partial charge is 0.357 e. The molecule has 2 heterocycles. The molecular formula is C21H33IN6. The van der Waals surface area contributed by atoms with Gasteiger partial charge in [0.1, 0.15) is 0 Å². The van der Waals surface area contributed by atoms with Gasteiger partial charge in [0.05, 0.1) is 18.8 Å². The lowest BCUT2D eigenvalue weighted by Crippen LogP contribution is -2.39. The molecule has 2 aromatic rings. The van der Waals surface area contributed by atoms with E-state index in [1.807, 2.05) is 17.9 Å². The Morgan fingerprint density at radius 3 is 2.57 bits per heavy atom. The standard InChI is InChI=1S/C21H32N6.HI/c1-3-22-21(23-12-11-18-15-25-26(2)17-18)24-16-20(27-13-7-8-14-27)19-9-5-4-6-10-19;/h4-6,9-10,15,17,20H,3,7-8,11-14,16H2,1-2H3,(H2,22,23,24);1H. The van der Waals surface area contributed by atoms with Crippen molar-refractivity contribution in [3.05, 3.63) is 53.9 Å². The predicted octanol–water partition coefficient (Wildman–Crippen LogP) is 2.97. The van der Waals surface area contributed by atoms with Crippen molar-refractivity contribution >= 4 is 29.9 Å². The van der Waals surface area contributed by atoms with Crippen LogP contribution < -0.4 is 10.6 Å². The van der Waals surface area contributed by atoms with E-state index in [2.05, 4.69) is 64.1 Å². The second-order valence-electron chi connectivity index (χ2n) is 7.09. The van der Waals surface area contributed by atoms with Crippen LogP contribution in [0.5, 0.6) is 0 Å². The molecule has 1 aromatic heterocycles. The second-order valence-corrected chi connectivity index (χ2v) is 7.09. The molecule has 3 rings (SSSR count). The molecule has 1 unspecified atom stereocenters. The zero-order valence-electron chi connectivity index (χ0n) is 17.0. The van der Waals surface area contributed by atoms with Gasteiger partial charge in [-0.05, 0) is 50.4 Å². The van der Waals surface area contributed by atoms with Crippen LogP contribution in [0.4, 0.5) is 0 Å². The highest BCUT2D eigenvalue weighted by molar-refractivity contribution is 14.0. The number of guanidine groups is 1. The van der Waals surface area contributed by atoms with Gasteiger partial charge < -0.3 is 10.6 Å². The lowest BCUT2D eigenvalue weighted by Gasteiger charge is -2.27. The Morgan fingerprint density at radius 2 is 1.93 bits per heavy atom. The SMILES string of the molecule is CCNC(=NCC(c1ccccc1)N1CCCC1)NCCc1cnn(C)c1.I. The molecule has 1 aliphatic rings. The quantitative estimate of drug-likeness (QED) is 0.335. The lowest BCUT2D eigenvalue weighted by molar-refractivity contribution is 0.251.